The summed E-state index contributed by atoms with van der Waals surface area (Å²) in [6.45, 7) is 0. The molecule has 0 fully saturated rings. The van der Waals surface area contributed by atoms with Gasteiger partial charge in [0.25, 0.3) is 0 Å². The van der Waals surface area contributed by atoms with Crippen LogP contribution < -0.4 is 5.32 Å². The topological polar surface area (TPSA) is 29.1 Å². The van der Waals surface area contributed by atoms with E-state index in [-0.39, 0.29) is 5.69 Å². The summed E-state index contributed by atoms with van der Waals surface area (Å²) in [5.41, 5.74) is -0.0331. The molecule has 2 nitrogen and oxygen atoms in total. The van der Waals surface area contributed by atoms with E-state index in [1.807, 2.05) is 5.32 Å². The zero-order valence-electron chi connectivity index (χ0n) is 7.74. The lowest BCUT2D eigenvalue weighted by Crippen LogP contribution is -2.21. The first-order valence-corrected chi connectivity index (χ1v) is 4.89. The van der Waals surface area contributed by atoms with E-state index in [0.29, 0.717) is 4.47 Å². The molecule has 0 bridgehead atoms. The van der Waals surface area contributed by atoms with Crippen LogP contribution in [0.5, 0.6) is 0 Å². The molecule has 0 aliphatic rings. The minimum absolute atomic E-state index is 0.0331. The van der Waals surface area contributed by atoms with E-state index in [2.05, 4.69) is 15.9 Å². The summed E-state index contributed by atoms with van der Waals surface area (Å²) in [7, 11) is 0. The molecule has 1 aromatic carbocycles. The van der Waals surface area contributed by atoms with Crippen molar-refractivity contribution in [2.75, 3.05) is 5.32 Å². The first kappa shape index (κ1) is 13.0. The predicted octanol–water partition coefficient (Wildman–Crippen LogP) is 3.48. The highest BCUT2D eigenvalue weighted by atomic mass is 79.9. The van der Waals surface area contributed by atoms with Crippen LogP contribution in [0.3, 0.4) is 0 Å². The molecule has 1 aromatic rings. The molecule has 0 saturated heterocycles. The van der Waals surface area contributed by atoms with Crippen LogP contribution in [0.15, 0.2) is 22.7 Å². The second kappa shape index (κ2) is 4.82. The molecule has 1 N–H and O–H groups in total. The average Bonchev–Trinajstić information content (AvgIpc) is 2.08. The first-order valence-electron chi connectivity index (χ1n) is 4.09. The monoisotopic (exact) mass is 299 g/mol. The molecular formula is C9H6BrF4NO. The van der Waals surface area contributed by atoms with Crippen molar-refractivity contribution in [3.63, 3.8) is 0 Å². The summed E-state index contributed by atoms with van der Waals surface area (Å²) in [6, 6.07) is 3.33. The number of halogens is 5. The molecule has 1 amide bonds. The van der Waals surface area contributed by atoms with Crippen LogP contribution in [-0.4, -0.2) is 12.1 Å². The van der Waals surface area contributed by atoms with Gasteiger partial charge in [-0.3, -0.25) is 4.79 Å². The molecule has 0 heterocycles. The number of anilines is 1. The van der Waals surface area contributed by atoms with Gasteiger partial charge in [0.1, 0.15) is 12.2 Å². The van der Waals surface area contributed by atoms with E-state index >= 15 is 0 Å². The van der Waals surface area contributed by atoms with Gasteiger partial charge in [-0.1, -0.05) is 0 Å². The highest BCUT2D eigenvalue weighted by Gasteiger charge is 2.31. The van der Waals surface area contributed by atoms with Gasteiger partial charge in [-0.25, -0.2) is 4.39 Å². The lowest BCUT2D eigenvalue weighted by atomic mass is 10.3. The SMILES string of the molecule is O=C(CC(F)(F)F)Nc1cc(F)ccc1Br. The van der Waals surface area contributed by atoms with Gasteiger partial charge in [0.15, 0.2) is 0 Å². The Morgan fingerprint density at radius 3 is 2.56 bits per heavy atom. The maximum Gasteiger partial charge on any atom is 0.397 e. The van der Waals surface area contributed by atoms with Gasteiger partial charge in [0.2, 0.25) is 5.91 Å². The van der Waals surface area contributed by atoms with Crippen molar-refractivity contribution in [2.24, 2.45) is 0 Å². The summed E-state index contributed by atoms with van der Waals surface area (Å²) < 4.78 is 48.6. The molecular weight excluding hydrogens is 294 g/mol. The number of nitrogens with one attached hydrogen (secondary N) is 1. The minimum atomic E-state index is -4.58. The molecule has 1 rings (SSSR count). The normalized spacial score (nSPS) is 11.3. The fourth-order valence-corrected chi connectivity index (χ4v) is 1.32. The van der Waals surface area contributed by atoms with Crippen LogP contribution in [-0.2, 0) is 4.79 Å². The van der Waals surface area contributed by atoms with Crippen molar-refractivity contribution >= 4 is 27.5 Å². The van der Waals surface area contributed by atoms with Crippen molar-refractivity contribution < 1.29 is 22.4 Å². The first-order chi connectivity index (χ1) is 7.28. The lowest BCUT2D eigenvalue weighted by molar-refractivity contribution is -0.150. The van der Waals surface area contributed by atoms with Gasteiger partial charge in [-0.15, -0.1) is 0 Å². The van der Waals surface area contributed by atoms with Crippen LogP contribution in [0.1, 0.15) is 6.42 Å². The molecule has 0 radical (unpaired) electrons. The number of carbonyl (C=O) groups is 1. The van der Waals surface area contributed by atoms with E-state index in [1.54, 1.807) is 0 Å². The largest absolute Gasteiger partial charge is 0.397 e. The molecule has 7 heteroatoms. The summed E-state index contributed by atoms with van der Waals surface area (Å²) in [5, 5.41) is 1.96. The van der Waals surface area contributed by atoms with Crippen LogP contribution in [0.25, 0.3) is 0 Å². The Labute approximate surface area is 96.8 Å². The molecule has 0 atom stereocenters. The van der Waals surface area contributed by atoms with Gasteiger partial charge in [-0.05, 0) is 34.1 Å². The van der Waals surface area contributed by atoms with E-state index in [1.165, 1.54) is 6.07 Å². The van der Waals surface area contributed by atoms with Crippen LogP contribution in [0.4, 0.5) is 23.2 Å². The fraction of sp³-hybridized carbons (Fsp3) is 0.222. The molecule has 0 unspecified atom stereocenters. The Hall–Kier alpha value is -1.11. The summed E-state index contributed by atoms with van der Waals surface area (Å²) >= 11 is 2.98. The zero-order chi connectivity index (χ0) is 12.3. The highest BCUT2D eigenvalue weighted by Crippen LogP contribution is 2.25. The van der Waals surface area contributed by atoms with Crippen LogP contribution >= 0.6 is 15.9 Å². The summed E-state index contributed by atoms with van der Waals surface area (Å²) in [6.07, 6.45) is -6.18. The van der Waals surface area contributed by atoms with Gasteiger partial charge < -0.3 is 5.32 Å². The van der Waals surface area contributed by atoms with Crippen LogP contribution in [0.2, 0.25) is 0 Å². The summed E-state index contributed by atoms with van der Waals surface area (Å²) in [5.74, 6) is -1.88. The van der Waals surface area contributed by atoms with Gasteiger partial charge in [-0.2, -0.15) is 13.2 Å². The molecule has 0 spiro atoms. The van der Waals surface area contributed by atoms with Crippen molar-refractivity contribution in [1.29, 1.82) is 0 Å². The Balaban J connectivity index is 2.73. The van der Waals surface area contributed by atoms with E-state index in [0.717, 1.165) is 12.1 Å². The van der Waals surface area contributed by atoms with Crippen molar-refractivity contribution in [2.45, 2.75) is 12.6 Å². The quantitative estimate of drug-likeness (QED) is 0.832. The standard InChI is InChI=1S/C9H6BrF4NO/c10-6-2-1-5(11)3-7(6)15-8(16)4-9(12,13)14/h1-3H,4H2,(H,15,16). The molecule has 0 aliphatic carbocycles. The highest BCUT2D eigenvalue weighted by molar-refractivity contribution is 9.10. The Morgan fingerprint density at radius 1 is 1.38 bits per heavy atom. The van der Waals surface area contributed by atoms with Gasteiger partial charge >= 0.3 is 6.18 Å². The molecule has 0 saturated carbocycles. The van der Waals surface area contributed by atoms with Gasteiger partial charge in [0.05, 0.1) is 5.69 Å². The summed E-state index contributed by atoms with van der Waals surface area (Å²) in [4.78, 5) is 10.9. The smallest absolute Gasteiger partial charge is 0.325 e. The third-order valence-corrected chi connectivity index (χ3v) is 2.25. The van der Waals surface area contributed by atoms with Crippen LogP contribution in [0, 0.1) is 5.82 Å². The number of amides is 1. The molecule has 88 valence electrons. The number of carbonyl (C=O) groups excluding carboxylic acids is 1. The fourth-order valence-electron chi connectivity index (χ4n) is 0.970. The van der Waals surface area contributed by atoms with Crippen molar-refractivity contribution in [3.8, 4) is 0 Å². The van der Waals surface area contributed by atoms with Gasteiger partial charge in [0, 0.05) is 4.47 Å². The Morgan fingerprint density at radius 2 is 2.00 bits per heavy atom. The number of rotatable bonds is 2. The lowest BCUT2D eigenvalue weighted by Gasteiger charge is -2.09. The Bertz CT molecular complexity index is 405. The number of hydrogen-bond donors (Lipinski definition) is 1. The number of alkyl halides is 3. The third-order valence-electron chi connectivity index (χ3n) is 1.56. The third kappa shape index (κ3) is 4.18. The minimum Gasteiger partial charge on any atom is -0.325 e. The maximum atomic E-state index is 12.7. The zero-order valence-corrected chi connectivity index (χ0v) is 9.32. The molecule has 0 aromatic heterocycles. The second-order valence-electron chi connectivity index (χ2n) is 2.96. The van der Waals surface area contributed by atoms with E-state index in [9.17, 15) is 22.4 Å². The number of hydrogen-bond acceptors (Lipinski definition) is 1. The Kier molecular flexibility index (Phi) is 3.90. The second-order valence-corrected chi connectivity index (χ2v) is 3.82. The maximum absolute atomic E-state index is 12.7. The van der Waals surface area contributed by atoms with E-state index < -0.39 is 24.3 Å². The average molecular weight is 300 g/mol. The predicted molar refractivity (Wildman–Crippen MR) is 53.4 cm³/mol. The van der Waals surface area contributed by atoms with Crippen molar-refractivity contribution in [1.82, 2.24) is 0 Å². The number of benzene rings is 1. The van der Waals surface area contributed by atoms with Crippen molar-refractivity contribution in [3.05, 3.63) is 28.5 Å². The van der Waals surface area contributed by atoms with E-state index in [4.69, 9.17) is 0 Å². The molecule has 0 aliphatic heterocycles. The molecule has 16 heavy (non-hydrogen) atoms.